The maximum Gasteiger partial charge on any atom is 0.414 e. The molecule has 0 radical (unpaired) electrons. The summed E-state index contributed by atoms with van der Waals surface area (Å²) >= 11 is 0. The van der Waals surface area contributed by atoms with Crippen molar-refractivity contribution in [3.63, 3.8) is 0 Å². The normalized spacial score (nSPS) is 17.0. The lowest BCUT2D eigenvalue weighted by atomic mass is 10.2. The third-order valence-corrected chi connectivity index (χ3v) is 4.18. The van der Waals surface area contributed by atoms with Crippen molar-refractivity contribution in [1.29, 1.82) is 0 Å². The van der Waals surface area contributed by atoms with E-state index in [1.54, 1.807) is 52.2 Å². The zero-order valence-corrected chi connectivity index (χ0v) is 14.0. The number of anilines is 1. The van der Waals surface area contributed by atoms with Crippen LogP contribution in [0.5, 0.6) is 0 Å². The molecule has 1 fully saturated rings. The number of cyclic esters (lactones) is 1. The Morgan fingerprint density at radius 3 is 3.00 bits per heavy atom. The summed E-state index contributed by atoms with van der Waals surface area (Å²) in [5.74, 6) is -0.497. The third kappa shape index (κ3) is 3.36. The fraction of sp³-hybridized carbons (Fsp3) is 0.176. The summed E-state index contributed by atoms with van der Waals surface area (Å²) in [4.78, 5) is 13.5. The molecule has 4 rings (SSSR count). The van der Waals surface area contributed by atoms with Gasteiger partial charge in [0, 0.05) is 24.2 Å². The van der Waals surface area contributed by atoms with Gasteiger partial charge in [0.15, 0.2) is 0 Å². The van der Waals surface area contributed by atoms with Gasteiger partial charge in [-0.2, -0.15) is 0 Å². The van der Waals surface area contributed by atoms with E-state index in [2.05, 4.69) is 15.5 Å². The van der Waals surface area contributed by atoms with E-state index >= 15 is 0 Å². The molecule has 1 aliphatic heterocycles. The van der Waals surface area contributed by atoms with E-state index in [0.29, 0.717) is 23.5 Å². The van der Waals surface area contributed by atoms with Gasteiger partial charge < -0.3 is 14.5 Å². The molecule has 138 valence electrons. The fourth-order valence-electron chi connectivity index (χ4n) is 2.95. The first-order valence-electron chi connectivity index (χ1n) is 8.11. The molecule has 3 heterocycles. The third-order valence-electron chi connectivity index (χ3n) is 4.18. The van der Waals surface area contributed by atoms with Gasteiger partial charge in [0.05, 0.1) is 36.9 Å². The van der Waals surface area contributed by atoms with E-state index in [4.69, 9.17) is 9.94 Å². The van der Waals surface area contributed by atoms with Gasteiger partial charge in [-0.25, -0.2) is 13.9 Å². The Bertz CT molecular complexity index is 984. The van der Waals surface area contributed by atoms with Crippen molar-refractivity contribution in [2.45, 2.75) is 12.6 Å². The summed E-state index contributed by atoms with van der Waals surface area (Å²) < 4.78 is 23.1. The largest absolute Gasteiger partial charge is 0.442 e. The smallest absolute Gasteiger partial charge is 0.414 e. The molecule has 1 saturated heterocycles. The van der Waals surface area contributed by atoms with Crippen LogP contribution in [0.25, 0.3) is 5.69 Å². The lowest BCUT2D eigenvalue weighted by molar-refractivity contribution is 0.129. The van der Waals surface area contributed by atoms with Crippen LogP contribution < -0.4 is 4.90 Å². The second-order valence-corrected chi connectivity index (χ2v) is 5.97. The highest BCUT2D eigenvalue weighted by atomic mass is 19.1. The molecule has 9 nitrogen and oxygen atoms in total. The van der Waals surface area contributed by atoms with Crippen LogP contribution in [0.15, 0.2) is 54.2 Å². The lowest BCUT2D eigenvalue weighted by Crippen LogP contribution is -2.26. The molecule has 3 aromatic rings. The Labute approximate surface area is 152 Å². The number of rotatable bonds is 5. The van der Waals surface area contributed by atoms with E-state index in [9.17, 15) is 9.18 Å². The fourth-order valence-corrected chi connectivity index (χ4v) is 2.95. The molecule has 1 aliphatic rings. The molecule has 1 aromatic carbocycles. The quantitative estimate of drug-likeness (QED) is 0.421. The number of nitrogens with zero attached hydrogens (tertiary/aromatic N) is 6. The topological polar surface area (TPSA) is 97.8 Å². The van der Waals surface area contributed by atoms with Crippen molar-refractivity contribution >= 4 is 18.0 Å². The average molecular weight is 370 g/mol. The predicted molar refractivity (Wildman–Crippen MR) is 92.7 cm³/mol. The minimum atomic E-state index is -0.533. The molecular weight excluding hydrogens is 355 g/mol. The Balaban J connectivity index is 1.52. The number of hydrogen-bond acceptors (Lipinski definition) is 6. The number of aromatic nitrogens is 4. The number of benzene rings is 1. The average Bonchev–Trinajstić information content (AvgIpc) is 3.38. The Morgan fingerprint density at radius 2 is 2.26 bits per heavy atom. The SMILES string of the molecule is O=C1O[C@@H](Cn2ccnn2)CN1c1ccc(-n2ccc(C=NO)c2)c(F)c1. The molecule has 0 unspecified atom stereocenters. The standard InChI is InChI=1S/C17H15FN6O3/c18-15-7-13(1-2-16(15)22-5-3-12(9-22)8-20-26)24-11-14(27-17(24)25)10-23-6-4-19-21-23/h1-9,14,26H,10-11H2/t14-/m0/s1. The number of oxime groups is 1. The van der Waals surface area contributed by atoms with E-state index in [0.717, 1.165) is 0 Å². The van der Waals surface area contributed by atoms with Crippen molar-refractivity contribution < 1.29 is 19.1 Å². The van der Waals surface area contributed by atoms with Crippen LogP contribution in [0.4, 0.5) is 14.9 Å². The number of hydrogen-bond donors (Lipinski definition) is 1. The Morgan fingerprint density at radius 1 is 1.37 bits per heavy atom. The van der Waals surface area contributed by atoms with Gasteiger partial charge in [-0.05, 0) is 24.3 Å². The summed E-state index contributed by atoms with van der Waals surface area (Å²) in [7, 11) is 0. The van der Waals surface area contributed by atoms with Gasteiger partial charge in [-0.3, -0.25) is 4.90 Å². The highest BCUT2D eigenvalue weighted by Gasteiger charge is 2.33. The summed E-state index contributed by atoms with van der Waals surface area (Å²) in [5.41, 5.74) is 1.34. The molecule has 1 atom stereocenters. The molecule has 0 aliphatic carbocycles. The first-order chi connectivity index (χ1) is 13.1. The highest BCUT2D eigenvalue weighted by molar-refractivity contribution is 5.89. The monoisotopic (exact) mass is 370 g/mol. The molecule has 2 aromatic heterocycles. The minimum absolute atomic E-state index is 0.290. The van der Waals surface area contributed by atoms with Crippen LogP contribution in [0.3, 0.4) is 0 Å². The molecule has 0 saturated carbocycles. The van der Waals surface area contributed by atoms with Crippen LogP contribution >= 0.6 is 0 Å². The molecule has 1 N–H and O–H groups in total. The van der Waals surface area contributed by atoms with Gasteiger partial charge in [0.25, 0.3) is 0 Å². The number of carbonyl (C=O) groups is 1. The van der Waals surface area contributed by atoms with Crippen LogP contribution in [-0.4, -0.2) is 49.7 Å². The first-order valence-corrected chi connectivity index (χ1v) is 8.11. The van der Waals surface area contributed by atoms with Gasteiger partial charge >= 0.3 is 6.09 Å². The molecule has 0 bridgehead atoms. The van der Waals surface area contributed by atoms with Crippen LogP contribution in [0, 0.1) is 5.82 Å². The molecule has 27 heavy (non-hydrogen) atoms. The zero-order chi connectivity index (χ0) is 18.8. The molecular formula is C17H15FN6O3. The number of halogens is 1. The predicted octanol–water partition coefficient (Wildman–Crippen LogP) is 2.04. The van der Waals surface area contributed by atoms with Crippen molar-refractivity contribution in [1.82, 2.24) is 19.6 Å². The Kier molecular flexibility index (Phi) is 4.29. The van der Waals surface area contributed by atoms with E-state index in [-0.39, 0.29) is 6.54 Å². The maximum absolute atomic E-state index is 14.6. The van der Waals surface area contributed by atoms with Gasteiger partial charge in [0.2, 0.25) is 0 Å². The van der Waals surface area contributed by atoms with E-state index < -0.39 is 18.0 Å². The lowest BCUT2D eigenvalue weighted by Gasteiger charge is -2.14. The van der Waals surface area contributed by atoms with Crippen LogP contribution in [0.2, 0.25) is 0 Å². The number of ether oxygens (including phenoxy) is 1. The van der Waals surface area contributed by atoms with E-state index in [1.165, 1.54) is 17.2 Å². The number of amides is 1. The molecule has 0 spiro atoms. The minimum Gasteiger partial charge on any atom is -0.442 e. The van der Waals surface area contributed by atoms with Crippen molar-refractivity contribution in [3.05, 3.63) is 60.4 Å². The summed E-state index contributed by atoms with van der Waals surface area (Å²) in [5, 5.41) is 19.1. The Hall–Kier alpha value is -3.69. The first kappa shape index (κ1) is 16.8. The maximum atomic E-state index is 14.6. The van der Waals surface area contributed by atoms with Crippen molar-refractivity contribution in [2.75, 3.05) is 11.4 Å². The van der Waals surface area contributed by atoms with Crippen LogP contribution in [-0.2, 0) is 11.3 Å². The summed E-state index contributed by atoms with van der Waals surface area (Å²) in [6.07, 6.45) is 6.81. The second-order valence-electron chi connectivity index (χ2n) is 5.97. The molecule has 1 amide bonds. The zero-order valence-electron chi connectivity index (χ0n) is 14.0. The molecule has 10 heteroatoms. The van der Waals surface area contributed by atoms with Gasteiger partial charge in [0.1, 0.15) is 11.9 Å². The van der Waals surface area contributed by atoms with E-state index in [1.807, 2.05) is 0 Å². The van der Waals surface area contributed by atoms with Crippen molar-refractivity contribution in [3.8, 4) is 5.69 Å². The highest BCUT2D eigenvalue weighted by Crippen LogP contribution is 2.26. The summed E-state index contributed by atoms with van der Waals surface area (Å²) in [6, 6.07) is 6.19. The van der Waals surface area contributed by atoms with Crippen molar-refractivity contribution in [2.24, 2.45) is 5.16 Å². The van der Waals surface area contributed by atoms with Gasteiger partial charge in [-0.1, -0.05) is 10.4 Å². The van der Waals surface area contributed by atoms with Gasteiger partial charge in [-0.15, -0.1) is 5.10 Å². The van der Waals surface area contributed by atoms with Crippen LogP contribution in [0.1, 0.15) is 5.56 Å². The summed E-state index contributed by atoms with van der Waals surface area (Å²) in [6.45, 7) is 0.666. The number of carbonyl (C=O) groups excluding carboxylic acids is 1. The second kappa shape index (κ2) is 6.90.